The normalized spacial score (nSPS) is 17.7. The van der Waals surface area contributed by atoms with E-state index in [0.29, 0.717) is 5.92 Å². The second-order valence-electron chi connectivity index (χ2n) is 3.74. The molecule has 0 unspecified atom stereocenters. The van der Waals surface area contributed by atoms with Crippen molar-refractivity contribution in [2.45, 2.75) is 12.8 Å². The summed E-state index contributed by atoms with van der Waals surface area (Å²) in [6, 6.07) is 3.83. The fourth-order valence-corrected chi connectivity index (χ4v) is 1.87. The first kappa shape index (κ1) is 10.9. The van der Waals surface area contributed by atoms with Crippen molar-refractivity contribution in [1.29, 1.82) is 0 Å². The fraction of sp³-hybridized carbons (Fsp3) is 0.545. The smallest absolute Gasteiger partial charge is 0.137 e. The minimum absolute atomic E-state index is 0.658. The number of hydrogen-bond acceptors (Lipinski definition) is 2. The minimum Gasteiger partial charge on any atom is -0.662 e. The summed E-state index contributed by atoms with van der Waals surface area (Å²) in [6.07, 6.45) is 4.06. The molecule has 0 atom stereocenters. The largest absolute Gasteiger partial charge is 0.662 e. The molecule has 1 aliphatic rings. The van der Waals surface area contributed by atoms with Crippen LogP contribution in [-0.4, -0.2) is 24.7 Å². The van der Waals surface area contributed by atoms with E-state index in [1.54, 1.807) is 6.20 Å². The molecule has 1 aliphatic heterocycles. The first-order valence-corrected chi connectivity index (χ1v) is 6.01. The lowest BCUT2D eigenvalue weighted by atomic mass is 9.99. The summed E-state index contributed by atoms with van der Waals surface area (Å²) in [5.41, 5.74) is 0. The number of hydrogen-bond donors (Lipinski definition) is 0. The first-order valence-electron chi connectivity index (χ1n) is 5.22. The van der Waals surface area contributed by atoms with Gasteiger partial charge < -0.3 is 10.1 Å². The van der Waals surface area contributed by atoms with Crippen LogP contribution in [0.5, 0.6) is 5.75 Å². The topological polar surface area (TPSA) is 36.2 Å². The fourth-order valence-electron chi connectivity index (χ4n) is 1.63. The van der Waals surface area contributed by atoms with Crippen LogP contribution in [0.25, 0.3) is 5.32 Å². The van der Waals surface area contributed by atoms with Gasteiger partial charge in [0.15, 0.2) is 0 Å². The van der Waals surface area contributed by atoms with Crippen LogP contribution in [0.3, 0.4) is 0 Å². The molecule has 0 N–H and O–H groups in total. The molecule has 3 nitrogen and oxygen atoms in total. The van der Waals surface area contributed by atoms with Gasteiger partial charge in [-0.2, -0.15) is 0 Å². The predicted molar refractivity (Wildman–Crippen MR) is 63.2 cm³/mol. The van der Waals surface area contributed by atoms with E-state index in [4.69, 9.17) is 4.74 Å². The summed E-state index contributed by atoms with van der Waals surface area (Å²) < 4.78 is 6.51. The molecule has 0 spiro atoms. The van der Waals surface area contributed by atoms with Crippen molar-refractivity contribution < 1.29 is 4.74 Å². The van der Waals surface area contributed by atoms with Gasteiger partial charge in [-0.15, -0.1) is 13.1 Å². The van der Waals surface area contributed by atoms with Gasteiger partial charge in [0.05, 0.1) is 12.8 Å². The maximum Gasteiger partial charge on any atom is 0.137 e. The Kier molecular flexibility index (Phi) is 3.97. The Morgan fingerprint density at radius 1 is 1.40 bits per heavy atom. The van der Waals surface area contributed by atoms with Gasteiger partial charge in [-0.1, -0.05) is 12.8 Å². The number of ether oxygens (including phenoxy) is 1. The van der Waals surface area contributed by atoms with Crippen molar-refractivity contribution in [3.63, 3.8) is 0 Å². The van der Waals surface area contributed by atoms with Crippen molar-refractivity contribution in [2.75, 3.05) is 19.7 Å². The number of halogens is 1. The van der Waals surface area contributed by atoms with Gasteiger partial charge in [-0.3, -0.25) is 0 Å². The highest BCUT2D eigenvalue weighted by Gasteiger charge is 2.08. The highest BCUT2D eigenvalue weighted by molar-refractivity contribution is 9.10. The van der Waals surface area contributed by atoms with Crippen LogP contribution in [-0.2, 0) is 0 Å². The monoisotopic (exact) mass is 269 g/mol. The minimum atomic E-state index is 0.658. The van der Waals surface area contributed by atoms with Crippen molar-refractivity contribution in [3.8, 4) is 5.75 Å². The van der Waals surface area contributed by atoms with E-state index in [1.165, 1.54) is 0 Å². The van der Waals surface area contributed by atoms with E-state index in [1.807, 2.05) is 12.1 Å². The third-order valence-corrected chi connectivity index (χ3v) is 3.05. The molecule has 0 saturated carbocycles. The summed E-state index contributed by atoms with van der Waals surface area (Å²) >= 11 is 3.29. The highest BCUT2D eigenvalue weighted by atomic mass is 79.9. The van der Waals surface area contributed by atoms with Crippen LogP contribution in [0.2, 0.25) is 0 Å². The molecular weight excluding hydrogens is 256 g/mol. The molecule has 0 radical (unpaired) electrons. The van der Waals surface area contributed by atoms with Crippen molar-refractivity contribution >= 4 is 15.9 Å². The Labute approximate surface area is 98.4 Å². The maximum atomic E-state index is 5.68. The summed E-state index contributed by atoms with van der Waals surface area (Å²) in [4.78, 5) is 4.12. The van der Waals surface area contributed by atoms with Crippen LogP contribution in [0.15, 0.2) is 22.9 Å². The van der Waals surface area contributed by atoms with Gasteiger partial charge in [-0.25, -0.2) is 4.98 Å². The van der Waals surface area contributed by atoms with Gasteiger partial charge in [0.1, 0.15) is 10.4 Å². The molecule has 4 heteroatoms. The summed E-state index contributed by atoms with van der Waals surface area (Å²) in [7, 11) is 0. The number of aromatic nitrogens is 1. The van der Waals surface area contributed by atoms with Gasteiger partial charge in [0, 0.05) is 0 Å². The van der Waals surface area contributed by atoms with Crippen LogP contribution in [0.1, 0.15) is 12.8 Å². The second kappa shape index (κ2) is 5.47. The maximum absolute atomic E-state index is 5.68. The summed E-state index contributed by atoms with van der Waals surface area (Å²) in [6.45, 7) is 2.78. The SMILES string of the molecule is Brc1ccc(OCC2CC[N-]CC2)cn1. The van der Waals surface area contributed by atoms with Gasteiger partial charge in [0.2, 0.25) is 0 Å². The van der Waals surface area contributed by atoms with E-state index < -0.39 is 0 Å². The Hall–Kier alpha value is -0.610. The van der Waals surface area contributed by atoms with Crippen molar-refractivity contribution in [1.82, 2.24) is 4.98 Å². The van der Waals surface area contributed by atoms with Crippen LogP contribution >= 0.6 is 15.9 Å². The second-order valence-corrected chi connectivity index (χ2v) is 4.55. The van der Waals surface area contributed by atoms with E-state index >= 15 is 0 Å². The number of nitrogens with zero attached hydrogens (tertiary/aromatic N) is 2. The average Bonchev–Trinajstić information content (AvgIpc) is 2.30. The zero-order chi connectivity index (χ0) is 10.5. The average molecular weight is 270 g/mol. The van der Waals surface area contributed by atoms with E-state index in [-0.39, 0.29) is 0 Å². The lowest BCUT2D eigenvalue weighted by Gasteiger charge is -2.31. The zero-order valence-corrected chi connectivity index (χ0v) is 10.1. The molecule has 1 saturated heterocycles. The first-order chi connectivity index (χ1) is 7.34. The molecule has 82 valence electrons. The van der Waals surface area contributed by atoms with E-state index in [9.17, 15) is 0 Å². The Morgan fingerprint density at radius 3 is 2.87 bits per heavy atom. The number of pyridine rings is 1. The molecule has 1 fully saturated rings. The van der Waals surface area contributed by atoms with Gasteiger partial charge >= 0.3 is 0 Å². The quantitative estimate of drug-likeness (QED) is 0.791. The molecule has 0 aliphatic carbocycles. The number of piperidine rings is 1. The molecule has 0 aromatic carbocycles. The van der Waals surface area contributed by atoms with E-state index in [2.05, 4.69) is 26.2 Å². The summed E-state index contributed by atoms with van der Waals surface area (Å²) in [5, 5.41) is 4.32. The molecule has 1 aromatic heterocycles. The molecule has 2 rings (SSSR count). The van der Waals surface area contributed by atoms with Crippen molar-refractivity contribution in [2.24, 2.45) is 5.92 Å². The zero-order valence-electron chi connectivity index (χ0n) is 8.53. The highest BCUT2D eigenvalue weighted by Crippen LogP contribution is 2.20. The molecule has 0 bridgehead atoms. The molecule has 1 aromatic rings. The standard InChI is InChI=1S/C11H14BrN2O/c12-11-2-1-10(7-14-11)15-8-9-3-5-13-6-4-9/h1-2,7,9H,3-6,8H2/q-1. The van der Waals surface area contributed by atoms with Crippen LogP contribution < -0.4 is 4.74 Å². The molecule has 0 amide bonds. The Balaban J connectivity index is 1.79. The predicted octanol–water partition coefficient (Wildman–Crippen LogP) is 3.01. The van der Waals surface area contributed by atoms with Crippen molar-refractivity contribution in [3.05, 3.63) is 28.2 Å². The van der Waals surface area contributed by atoms with Crippen LogP contribution in [0.4, 0.5) is 0 Å². The van der Waals surface area contributed by atoms with Gasteiger partial charge in [0.25, 0.3) is 0 Å². The Bertz CT molecular complexity index is 296. The summed E-state index contributed by atoms with van der Waals surface area (Å²) in [5.74, 6) is 1.51. The van der Waals surface area contributed by atoms with E-state index in [0.717, 1.165) is 42.9 Å². The lowest BCUT2D eigenvalue weighted by Crippen LogP contribution is -2.19. The lowest BCUT2D eigenvalue weighted by molar-refractivity contribution is 0.230. The third kappa shape index (κ3) is 3.47. The molecular formula is C11H14BrN2O-. The number of rotatable bonds is 3. The van der Waals surface area contributed by atoms with Gasteiger partial charge in [-0.05, 0) is 34.0 Å². The van der Waals surface area contributed by atoms with Crippen LogP contribution in [0, 0.1) is 5.92 Å². The molecule has 15 heavy (non-hydrogen) atoms. The molecule has 2 heterocycles. The third-order valence-electron chi connectivity index (χ3n) is 2.58. The Morgan fingerprint density at radius 2 is 2.20 bits per heavy atom.